The van der Waals surface area contributed by atoms with Gasteiger partial charge in [0.15, 0.2) is 6.61 Å². The Bertz CT molecular complexity index is 629. The summed E-state index contributed by atoms with van der Waals surface area (Å²) in [5.74, 6) is -0.606. The summed E-state index contributed by atoms with van der Waals surface area (Å²) in [6.07, 6.45) is 2.24. The molecule has 1 aromatic carbocycles. The molecule has 142 valence electrons. The number of nitrogens with one attached hydrogen (secondary N) is 3. The van der Waals surface area contributed by atoms with Gasteiger partial charge in [0.05, 0.1) is 0 Å². The molecule has 0 radical (unpaired) electrons. The van der Waals surface area contributed by atoms with Gasteiger partial charge in [-0.1, -0.05) is 32.0 Å². The Kier molecular flexibility index (Phi) is 7.00. The van der Waals surface area contributed by atoms with Crippen LogP contribution in [-0.4, -0.2) is 36.6 Å². The quantitative estimate of drug-likeness (QED) is 0.619. The van der Waals surface area contributed by atoms with Gasteiger partial charge in [-0.05, 0) is 43.7 Å². The molecule has 1 saturated carbocycles. The van der Waals surface area contributed by atoms with Gasteiger partial charge in [0.25, 0.3) is 5.91 Å². The summed E-state index contributed by atoms with van der Waals surface area (Å²) in [4.78, 5) is 36.2. The molecule has 26 heavy (non-hydrogen) atoms. The highest BCUT2D eigenvalue weighted by Gasteiger charge is 2.30. The smallest absolute Gasteiger partial charge is 0.329 e. The first-order valence-electron chi connectivity index (χ1n) is 8.95. The van der Waals surface area contributed by atoms with Crippen molar-refractivity contribution in [3.05, 3.63) is 30.3 Å². The maximum atomic E-state index is 12.3. The van der Waals surface area contributed by atoms with Gasteiger partial charge in [-0.15, -0.1) is 0 Å². The number of benzene rings is 1. The van der Waals surface area contributed by atoms with Crippen molar-refractivity contribution in [2.24, 2.45) is 11.8 Å². The minimum atomic E-state index is -0.840. The normalized spacial score (nSPS) is 15.7. The number of para-hydroxylation sites is 1. The highest BCUT2D eigenvalue weighted by atomic mass is 16.5. The van der Waals surface area contributed by atoms with E-state index in [1.807, 2.05) is 13.0 Å². The molecule has 1 fully saturated rings. The zero-order chi connectivity index (χ0) is 19.1. The minimum Gasteiger partial charge on any atom is -0.454 e. The average Bonchev–Trinajstić information content (AvgIpc) is 3.43. The fourth-order valence-electron chi connectivity index (χ4n) is 2.56. The van der Waals surface area contributed by atoms with E-state index in [2.05, 4.69) is 16.0 Å². The Hall–Kier alpha value is -2.57. The van der Waals surface area contributed by atoms with E-state index in [-0.39, 0.29) is 24.5 Å². The van der Waals surface area contributed by atoms with Crippen LogP contribution in [0.5, 0.6) is 0 Å². The third-order valence-electron chi connectivity index (χ3n) is 4.30. The molecule has 0 saturated heterocycles. The number of ether oxygens (including phenoxy) is 1. The summed E-state index contributed by atoms with van der Waals surface area (Å²) < 4.78 is 5.09. The average molecular weight is 361 g/mol. The van der Waals surface area contributed by atoms with E-state index in [1.54, 1.807) is 38.1 Å². The van der Waals surface area contributed by atoms with Crippen molar-refractivity contribution in [3.63, 3.8) is 0 Å². The van der Waals surface area contributed by atoms with Crippen LogP contribution in [0.25, 0.3) is 0 Å². The van der Waals surface area contributed by atoms with Crippen LogP contribution in [0.3, 0.4) is 0 Å². The van der Waals surface area contributed by atoms with Crippen LogP contribution in [0.2, 0.25) is 0 Å². The topological polar surface area (TPSA) is 96.5 Å². The molecular formula is C19H27N3O4. The third kappa shape index (κ3) is 6.38. The van der Waals surface area contributed by atoms with Crippen molar-refractivity contribution in [1.29, 1.82) is 0 Å². The fourth-order valence-corrected chi connectivity index (χ4v) is 2.56. The van der Waals surface area contributed by atoms with Crippen LogP contribution < -0.4 is 16.0 Å². The predicted molar refractivity (Wildman–Crippen MR) is 98.5 cm³/mol. The molecular weight excluding hydrogens is 334 g/mol. The lowest BCUT2D eigenvalue weighted by molar-refractivity contribution is -0.151. The summed E-state index contributed by atoms with van der Waals surface area (Å²) in [7, 11) is 0. The Morgan fingerprint density at radius 1 is 1.08 bits per heavy atom. The van der Waals surface area contributed by atoms with Gasteiger partial charge in [-0.2, -0.15) is 0 Å². The number of amides is 3. The van der Waals surface area contributed by atoms with Gasteiger partial charge in [0.2, 0.25) is 0 Å². The molecule has 0 aromatic heterocycles. The Labute approximate surface area is 153 Å². The molecule has 0 bridgehead atoms. The molecule has 2 atom stereocenters. The van der Waals surface area contributed by atoms with Crippen LogP contribution in [-0.2, 0) is 14.3 Å². The van der Waals surface area contributed by atoms with Crippen molar-refractivity contribution >= 4 is 23.6 Å². The van der Waals surface area contributed by atoms with E-state index < -0.39 is 18.0 Å². The van der Waals surface area contributed by atoms with Gasteiger partial charge in [0, 0.05) is 11.7 Å². The van der Waals surface area contributed by atoms with Crippen LogP contribution in [0.1, 0.15) is 33.6 Å². The number of esters is 1. The van der Waals surface area contributed by atoms with E-state index in [4.69, 9.17) is 4.74 Å². The molecule has 7 nitrogen and oxygen atoms in total. The maximum absolute atomic E-state index is 12.3. The third-order valence-corrected chi connectivity index (χ3v) is 4.30. The van der Waals surface area contributed by atoms with E-state index in [1.165, 1.54) is 0 Å². The van der Waals surface area contributed by atoms with Gasteiger partial charge < -0.3 is 20.7 Å². The van der Waals surface area contributed by atoms with Gasteiger partial charge >= 0.3 is 12.0 Å². The molecule has 0 unspecified atom stereocenters. The second-order valence-electron chi connectivity index (χ2n) is 6.99. The first-order valence-corrected chi connectivity index (χ1v) is 8.95. The zero-order valence-electron chi connectivity index (χ0n) is 15.5. The molecule has 2 rings (SSSR count). The molecule has 3 N–H and O–H groups in total. The molecule has 0 heterocycles. The standard InChI is InChI=1S/C19H27N3O4/c1-12(2)17(22-19(25)21-15-7-5-4-6-8-15)18(24)26-11-16(23)20-13(3)14-9-10-14/h4-8,12-14,17H,9-11H2,1-3H3,(H,20,23)(H2,21,22,25)/t13-,17+/m0/s1. The highest BCUT2D eigenvalue weighted by molar-refractivity contribution is 5.93. The number of urea groups is 1. The van der Waals surface area contributed by atoms with Crippen LogP contribution in [0.4, 0.5) is 10.5 Å². The summed E-state index contributed by atoms with van der Waals surface area (Å²) in [5, 5.41) is 8.08. The van der Waals surface area contributed by atoms with Crippen molar-refractivity contribution in [1.82, 2.24) is 10.6 Å². The Morgan fingerprint density at radius 3 is 2.31 bits per heavy atom. The zero-order valence-corrected chi connectivity index (χ0v) is 15.5. The van der Waals surface area contributed by atoms with Gasteiger partial charge in [-0.3, -0.25) is 4.79 Å². The first kappa shape index (κ1) is 19.8. The van der Waals surface area contributed by atoms with E-state index in [0.717, 1.165) is 12.8 Å². The van der Waals surface area contributed by atoms with Crippen molar-refractivity contribution in [3.8, 4) is 0 Å². The number of hydrogen-bond acceptors (Lipinski definition) is 4. The predicted octanol–water partition coefficient (Wildman–Crippen LogP) is 2.29. The molecule has 0 spiro atoms. The molecule has 1 aliphatic rings. The SMILES string of the molecule is CC(C)[C@@H](NC(=O)Nc1ccccc1)C(=O)OCC(=O)N[C@@H](C)C1CC1. The lowest BCUT2D eigenvalue weighted by Crippen LogP contribution is -2.48. The van der Waals surface area contributed by atoms with Crippen LogP contribution >= 0.6 is 0 Å². The van der Waals surface area contributed by atoms with Crippen LogP contribution in [0, 0.1) is 11.8 Å². The summed E-state index contributed by atoms with van der Waals surface area (Å²) in [6, 6.07) is 7.67. The first-order chi connectivity index (χ1) is 12.4. The fraction of sp³-hybridized carbons (Fsp3) is 0.526. The maximum Gasteiger partial charge on any atom is 0.329 e. The highest BCUT2D eigenvalue weighted by Crippen LogP contribution is 2.32. The van der Waals surface area contributed by atoms with Crippen molar-refractivity contribution < 1.29 is 19.1 Å². The number of rotatable bonds is 8. The number of anilines is 1. The largest absolute Gasteiger partial charge is 0.454 e. The summed E-state index contributed by atoms with van der Waals surface area (Å²) >= 11 is 0. The molecule has 7 heteroatoms. The number of carbonyl (C=O) groups excluding carboxylic acids is 3. The summed E-state index contributed by atoms with van der Waals surface area (Å²) in [6.45, 7) is 5.19. The van der Waals surface area contributed by atoms with E-state index >= 15 is 0 Å². The monoisotopic (exact) mass is 361 g/mol. The Balaban J connectivity index is 1.80. The number of hydrogen-bond donors (Lipinski definition) is 3. The molecule has 0 aliphatic heterocycles. The second-order valence-corrected chi connectivity index (χ2v) is 6.99. The molecule has 1 aromatic rings. The van der Waals surface area contributed by atoms with E-state index in [9.17, 15) is 14.4 Å². The molecule has 3 amide bonds. The molecule has 1 aliphatic carbocycles. The lowest BCUT2D eigenvalue weighted by atomic mass is 10.1. The van der Waals surface area contributed by atoms with Crippen molar-refractivity contribution in [2.45, 2.75) is 45.7 Å². The lowest BCUT2D eigenvalue weighted by Gasteiger charge is -2.21. The van der Waals surface area contributed by atoms with Crippen LogP contribution in [0.15, 0.2) is 30.3 Å². The van der Waals surface area contributed by atoms with E-state index in [0.29, 0.717) is 11.6 Å². The Morgan fingerprint density at radius 2 is 1.73 bits per heavy atom. The number of carbonyl (C=O) groups is 3. The van der Waals surface area contributed by atoms with Gasteiger partial charge in [-0.25, -0.2) is 9.59 Å². The summed E-state index contributed by atoms with van der Waals surface area (Å²) in [5.41, 5.74) is 0.620. The van der Waals surface area contributed by atoms with Gasteiger partial charge in [0.1, 0.15) is 6.04 Å². The van der Waals surface area contributed by atoms with Crippen molar-refractivity contribution in [2.75, 3.05) is 11.9 Å². The minimum absolute atomic E-state index is 0.0943. The second kappa shape index (κ2) is 9.22.